The van der Waals surface area contributed by atoms with Crippen molar-refractivity contribution in [3.05, 3.63) is 83.2 Å². The van der Waals surface area contributed by atoms with E-state index in [4.69, 9.17) is 22.1 Å². The number of nitrogens with zero attached hydrogens (tertiary/aromatic N) is 7. The largest absolute Gasteiger partial charge is 0.382 e. The number of halogens is 5. The lowest BCUT2D eigenvalue weighted by Crippen LogP contribution is -2.45. The van der Waals surface area contributed by atoms with Crippen molar-refractivity contribution in [2.45, 2.75) is 72.0 Å². The molecule has 12 nitrogen and oxygen atoms in total. The Bertz CT molecular complexity index is 1800. The van der Waals surface area contributed by atoms with E-state index in [0.717, 1.165) is 30.3 Å². The van der Waals surface area contributed by atoms with Crippen LogP contribution in [0, 0.1) is 5.41 Å². The van der Waals surface area contributed by atoms with Gasteiger partial charge >= 0.3 is 6.55 Å². The molecule has 2 heterocycles. The maximum Gasteiger partial charge on any atom is 0.333 e. The Hall–Kier alpha value is -4.83. The molecule has 0 aliphatic heterocycles. The SMILES string of the molecule is CC(C)(C)C.CC1(NC=O)CC1.CN=C(N)N(C(=O)c1ccc(-c2cnn(C(F)F)c2)cc1)C(COC)c1ccc(Cl)c(-n2ncnc2C(F)F)c1. The first kappa shape index (κ1) is 41.6. The number of hydrogen-bond donors (Lipinski definition) is 2. The van der Waals surface area contributed by atoms with Gasteiger partial charge < -0.3 is 15.8 Å². The molecule has 2 aromatic heterocycles. The Balaban J connectivity index is 0.000000516. The number of amides is 2. The maximum absolute atomic E-state index is 13.7. The third-order valence-corrected chi connectivity index (χ3v) is 7.68. The molecule has 282 valence electrons. The molecule has 2 amide bonds. The number of methoxy groups -OCH3 is 1. The van der Waals surface area contributed by atoms with Crippen molar-refractivity contribution >= 4 is 29.9 Å². The van der Waals surface area contributed by atoms with Gasteiger partial charge in [-0.15, -0.1) is 0 Å². The molecule has 1 aliphatic rings. The van der Waals surface area contributed by atoms with E-state index in [9.17, 15) is 27.2 Å². The third kappa shape index (κ3) is 11.6. The van der Waals surface area contributed by atoms with Gasteiger partial charge in [0.2, 0.25) is 6.41 Å². The normalized spacial score (nSPS) is 14.2. The molecule has 0 radical (unpaired) electrons. The number of nitrogens with two attached hydrogens (primary N) is 1. The molecular formula is C35H44ClF4N9O3. The summed E-state index contributed by atoms with van der Waals surface area (Å²) < 4.78 is 59.6. The van der Waals surface area contributed by atoms with Crippen molar-refractivity contribution in [1.29, 1.82) is 0 Å². The van der Waals surface area contributed by atoms with Crippen LogP contribution in [0.25, 0.3) is 16.8 Å². The summed E-state index contributed by atoms with van der Waals surface area (Å²) in [5, 5.41) is 10.3. The lowest BCUT2D eigenvalue weighted by Gasteiger charge is -2.31. The molecule has 0 bridgehead atoms. The molecule has 5 rings (SSSR count). The highest BCUT2D eigenvalue weighted by Gasteiger charge is 2.36. The predicted molar refractivity (Wildman–Crippen MR) is 191 cm³/mol. The molecule has 1 unspecified atom stereocenters. The monoisotopic (exact) mass is 749 g/mol. The quantitative estimate of drug-likeness (QED) is 0.0712. The number of aliphatic imine (C=N–C) groups is 1. The number of aromatic nitrogens is 5. The fourth-order valence-electron chi connectivity index (χ4n) is 4.49. The van der Waals surface area contributed by atoms with Gasteiger partial charge in [0.25, 0.3) is 12.3 Å². The zero-order valence-corrected chi connectivity index (χ0v) is 30.8. The second kappa shape index (κ2) is 18.1. The zero-order chi connectivity index (χ0) is 38.8. The van der Waals surface area contributed by atoms with E-state index < -0.39 is 30.7 Å². The minimum atomic E-state index is -2.91. The van der Waals surface area contributed by atoms with Gasteiger partial charge in [-0.3, -0.25) is 19.5 Å². The molecule has 1 fully saturated rings. The van der Waals surface area contributed by atoms with Gasteiger partial charge in [-0.25, -0.2) is 23.1 Å². The van der Waals surface area contributed by atoms with Gasteiger partial charge in [-0.1, -0.05) is 57.5 Å². The van der Waals surface area contributed by atoms with Crippen LogP contribution in [0.1, 0.15) is 88.2 Å². The molecule has 3 N–H and O–H groups in total. The highest BCUT2D eigenvalue weighted by Crippen LogP contribution is 2.33. The summed E-state index contributed by atoms with van der Waals surface area (Å²) in [6.45, 7) is 7.96. The minimum absolute atomic E-state index is 0.0486. The first-order valence-electron chi connectivity index (χ1n) is 16.1. The van der Waals surface area contributed by atoms with Crippen LogP contribution < -0.4 is 11.1 Å². The number of carbonyl (C=O) groups excluding carboxylic acids is 2. The summed E-state index contributed by atoms with van der Waals surface area (Å²) in [4.78, 5) is 32.3. The van der Waals surface area contributed by atoms with Crippen LogP contribution in [0.2, 0.25) is 5.02 Å². The Morgan fingerprint density at radius 3 is 2.23 bits per heavy atom. The molecule has 1 saturated carbocycles. The van der Waals surface area contributed by atoms with Gasteiger partial charge in [0.05, 0.1) is 29.6 Å². The minimum Gasteiger partial charge on any atom is -0.382 e. The van der Waals surface area contributed by atoms with Gasteiger partial charge in [-0.2, -0.15) is 19.0 Å². The number of benzene rings is 2. The van der Waals surface area contributed by atoms with Crippen molar-refractivity contribution in [2.75, 3.05) is 20.8 Å². The van der Waals surface area contributed by atoms with Crippen molar-refractivity contribution in [2.24, 2.45) is 16.1 Å². The first-order chi connectivity index (χ1) is 24.4. The summed E-state index contributed by atoms with van der Waals surface area (Å²) in [6.07, 6.45) is 3.61. The van der Waals surface area contributed by atoms with Gasteiger partial charge in [0, 0.05) is 37.0 Å². The second-order valence-electron chi connectivity index (χ2n) is 13.7. The lowest BCUT2D eigenvalue weighted by atomic mass is 10.0. The average Bonchev–Trinajstić information content (AvgIpc) is 3.45. The van der Waals surface area contributed by atoms with Crippen LogP contribution in [0.5, 0.6) is 0 Å². The fraction of sp³-hybridized carbons (Fsp3) is 0.429. The average molecular weight is 750 g/mol. The lowest BCUT2D eigenvalue weighted by molar-refractivity contribution is -0.110. The molecule has 17 heteroatoms. The van der Waals surface area contributed by atoms with E-state index in [1.165, 1.54) is 55.7 Å². The van der Waals surface area contributed by atoms with Gasteiger partial charge in [-0.05, 0) is 60.6 Å². The number of nitrogens with one attached hydrogen (secondary N) is 1. The van der Waals surface area contributed by atoms with Crippen LogP contribution in [0.4, 0.5) is 17.6 Å². The molecule has 0 saturated heterocycles. The summed E-state index contributed by atoms with van der Waals surface area (Å²) in [5.74, 6) is -1.30. The fourth-order valence-corrected chi connectivity index (χ4v) is 4.68. The van der Waals surface area contributed by atoms with E-state index in [1.807, 2.05) is 6.92 Å². The number of guanidine groups is 1. The van der Waals surface area contributed by atoms with Crippen LogP contribution in [0.15, 0.2) is 66.2 Å². The third-order valence-electron chi connectivity index (χ3n) is 7.36. The first-order valence-corrected chi connectivity index (χ1v) is 16.5. The molecule has 1 aliphatic carbocycles. The van der Waals surface area contributed by atoms with Crippen LogP contribution in [0.3, 0.4) is 0 Å². The Morgan fingerprint density at radius 1 is 1.12 bits per heavy atom. The smallest absolute Gasteiger partial charge is 0.333 e. The number of hydrogen-bond acceptors (Lipinski definition) is 7. The van der Waals surface area contributed by atoms with Crippen molar-refractivity contribution in [3.63, 3.8) is 0 Å². The molecular weight excluding hydrogens is 706 g/mol. The Kier molecular flexibility index (Phi) is 14.5. The van der Waals surface area contributed by atoms with Crippen LogP contribution >= 0.6 is 11.6 Å². The van der Waals surface area contributed by atoms with E-state index in [2.05, 4.69) is 53.2 Å². The molecule has 52 heavy (non-hydrogen) atoms. The van der Waals surface area contributed by atoms with Crippen LogP contribution in [-0.2, 0) is 9.53 Å². The highest BCUT2D eigenvalue weighted by molar-refractivity contribution is 6.32. The standard InChI is InChI=1S/C25H23ClF4N8O2.C5H9NO.C5H12/c1-32-25(31)37(23(39)15-5-3-14(4-6-15)17-10-34-36(11-17)24(29)30)20(12-40-2)16-7-8-18(26)19(9-16)38-22(21(27)28)33-13-35-38;1-5(2-3-5)6-4-7;1-5(2,3)4/h3-11,13,20-21,24H,12H2,1-2H3,(H2,31,32);4H,2-3H2,1H3,(H,6,7);1-4H3. The molecule has 2 aromatic carbocycles. The van der Waals surface area contributed by atoms with E-state index in [1.54, 1.807) is 18.2 Å². The number of alkyl halides is 4. The Labute approximate surface area is 305 Å². The predicted octanol–water partition coefficient (Wildman–Crippen LogP) is 7.23. The summed E-state index contributed by atoms with van der Waals surface area (Å²) in [7, 11) is 2.83. The van der Waals surface area contributed by atoms with Crippen molar-refractivity contribution < 1.29 is 31.9 Å². The molecule has 0 spiro atoms. The van der Waals surface area contributed by atoms with Gasteiger partial charge in [0.15, 0.2) is 11.8 Å². The van der Waals surface area contributed by atoms with Crippen molar-refractivity contribution in [3.8, 4) is 16.8 Å². The zero-order valence-electron chi connectivity index (χ0n) is 30.0. The maximum atomic E-state index is 13.7. The topological polar surface area (TPSA) is 146 Å². The second-order valence-corrected chi connectivity index (χ2v) is 14.1. The summed E-state index contributed by atoms with van der Waals surface area (Å²) in [6, 6.07) is 9.88. The molecule has 4 aromatic rings. The van der Waals surface area contributed by atoms with E-state index >= 15 is 0 Å². The molecule has 1 atom stereocenters. The van der Waals surface area contributed by atoms with E-state index in [-0.39, 0.29) is 34.4 Å². The number of rotatable bonds is 11. The van der Waals surface area contributed by atoms with Crippen molar-refractivity contribution in [1.82, 2.24) is 34.8 Å². The summed E-state index contributed by atoms with van der Waals surface area (Å²) in [5.41, 5.74) is 8.61. The highest BCUT2D eigenvalue weighted by atomic mass is 35.5. The number of ether oxygens (including phenoxy) is 1. The van der Waals surface area contributed by atoms with E-state index in [0.29, 0.717) is 26.8 Å². The number of carbonyl (C=O) groups is 2. The summed E-state index contributed by atoms with van der Waals surface area (Å²) >= 11 is 6.32. The van der Waals surface area contributed by atoms with Crippen LogP contribution in [-0.4, -0.2) is 74.0 Å². The van der Waals surface area contributed by atoms with Gasteiger partial charge in [0.1, 0.15) is 6.33 Å². The Morgan fingerprint density at radius 2 is 1.75 bits per heavy atom.